The van der Waals surface area contributed by atoms with Crippen molar-refractivity contribution in [3.8, 4) is 0 Å². The molecule has 8 nitrogen and oxygen atoms in total. The number of anilines is 2. The molecule has 2 saturated heterocycles. The summed E-state index contributed by atoms with van der Waals surface area (Å²) in [6.45, 7) is 9.90. The van der Waals surface area contributed by atoms with Crippen molar-refractivity contribution in [2.45, 2.75) is 38.3 Å². The lowest BCUT2D eigenvalue weighted by atomic mass is 9.69. The van der Waals surface area contributed by atoms with Gasteiger partial charge in [0.05, 0.1) is 18.8 Å². The van der Waals surface area contributed by atoms with E-state index in [2.05, 4.69) is 63.4 Å². The van der Waals surface area contributed by atoms with E-state index in [-0.39, 0.29) is 17.5 Å². The van der Waals surface area contributed by atoms with Gasteiger partial charge in [0, 0.05) is 37.4 Å². The third kappa shape index (κ3) is 6.46. The first-order chi connectivity index (χ1) is 18.9. The van der Waals surface area contributed by atoms with Crippen LogP contribution in [0.5, 0.6) is 0 Å². The fourth-order valence-corrected chi connectivity index (χ4v) is 5.75. The van der Waals surface area contributed by atoms with Gasteiger partial charge in [0.1, 0.15) is 12.0 Å². The van der Waals surface area contributed by atoms with Crippen LogP contribution in [0.2, 0.25) is 0 Å². The fraction of sp³-hybridized carbons (Fsp3) is 0.452. The predicted octanol–water partition coefficient (Wildman–Crippen LogP) is 4.79. The van der Waals surface area contributed by atoms with Gasteiger partial charge in [0.25, 0.3) is 5.91 Å². The van der Waals surface area contributed by atoms with Gasteiger partial charge >= 0.3 is 0 Å². The van der Waals surface area contributed by atoms with E-state index in [1.54, 1.807) is 24.7 Å². The number of hydrogen-bond acceptors (Lipinski definition) is 7. The lowest BCUT2D eigenvalue weighted by molar-refractivity contribution is 0.0216. The van der Waals surface area contributed by atoms with Gasteiger partial charge in [-0.3, -0.25) is 14.7 Å². The Labute approximate surface area is 231 Å². The van der Waals surface area contributed by atoms with Crippen LogP contribution in [0.15, 0.2) is 67.1 Å². The van der Waals surface area contributed by atoms with E-state index >= 15 is 0 Å². The van der Waals surface area contributed by atoms with Crippen molar-refractivity contribution in [3.05, 3.63) is 83.8 Å². The molecule has 1 aromatic carbocycles. The van der Waals surface area contributed by atoms with Crippen LogP contribution in [-0.4, -0.2) is 72.1 Å². The van der Waals surface area contributed by atoms with E-state index in [1.165, 1.54) is 18.4 Å². The van der Waals surface area contributed by atoms with Crippen molar-refractivity contribution in [3.63, 3.8) is 0 Å². The van der Waals surface area contributed by atoms with Crippen molar-refractivity contribution in [2.75, 3.05) is 57.1 Å². The van der Waals surface area contributed by atoms with Crippen molar-refractivity contribution in [1.82, 2.24) is 19.8 Å². The molecular formula is C31H40N6O2. The van der Waals surface area contributed by atoms with Crippen molar-refractivity contribution in [2.24, 2.45) is 5.92 Å². The van der Waals surface area contributed by atoms with Crippen LogP contribution in [0, 0.1) is 5.92 Å². The maximum atomic E-state index is 13.4. The first-order valence-electron chi connectivity index (χ1n) is 14.0. The minimum Gasteiger partial charge on any atom is -0.379 e. The zero-order chi connectivity index (χ0) is 27.2. The molecule has 1 amide bonds. The average molecular weight is 529 g/mol. The normalized spacial score (nSPS) is 18.4. The molecule has 2 N–H and O–H groups in total. The van der Waals surface area contributed by atoms with E-state index in [0.29, 0.717) is 30.5 Å². The number of carbonyl (C=O) groups excluding carboxylic acids is 1. The van der Waals surface area contributed by atoms with E-state index in [9.17, 15) is 4.79 Å². The standard InChI is InChI=1S/C31H40N6O2/c1-31(2,25-12-17-36(3)18-13-25)24-6-8-26(9-7-24)34-30(38)27-5-4-14-33-28(27)35-29(23-10-15-32-16-11-23)37-19-21-39-22-20-37/h4-11,14-16,25,29H,12-13,17-22H2,1-3H3,(H,33,35)(H,34,38). The molecule has 0 bridgehead atoms. The Hall–Kier alpha value is -3.33. The lowest BCUT2D eigenvalue weighted by Gasteiger charge is -2.40. The molecule has 8 heteroatoms. The van der Waals surface area contributed by atoms with Gasteiger partial charge in [-0.2, -0.15) is 0 Å². The quantitative estimate of drug-likeness (QED) is 0.435. The molecule has 2 fully saturated rings. The summed E-state index contributed by atoms with van der Waals surface area (Å²) in [5, 5.41) is 6.62. The molecule has 1 atom stereocenters. The highest BCUT2D eigenvalue weighted by atomic mass is 16.5. The molecule has 2 aromatic heterocycles. The van der Waals surface area contributed by atoms with Crippen LogP contribution in [0.4, 0.5) is 11.5 Å². The minimum atomic E-state index is -0.191. The van der Waals surface area contributed by atoms with Gasteiger partial charge in [-0.15, -0.1) is 0 Å². The van der Waals surface area contributed by atoms with Crippen LogP contribution < -0.4 is 10.6 Å². The van der Waals surface area contributed by atoms with Gasteiger partial charge in [0.2, 0.25) is 0 Å². The van der Waals surface area contributed by atoms with Crippen LogP contribution >= 0.6 is 0 Å². The van der Waals surface area contributed by atoms with Crippen molar-refractivity contribution >= 4 is 17.4 Å². The van der Waals surface area contributed by atoms with Gasteiger partial charge in [-0.1, -0.05) is 26.0 Å². The second-order valence-electron chi connectivity index (χ2n) is 11.2. The number of hydrogen-bond donors (Lipinski definition) is 2. The number of amides is 1. The van der Waals surface area contributed by atoms with Crippen LogP contribution in [0.1, 0.15) is 54.3 Å². The summed E-state index contributed by atoms with van der Waals surface area (Å²) in [7, 11) is 2.20. The molecule has 5 rings (SSSR count). The average Bonchev–Trinajstić information content (AvgIpc) is 2.97. The Bertz CT molecular complexity index is 1220. The number of pyridine rings is 2. The zero-order valence-corrected chi connectivity index (χ0v) is 23.3. The molecule has 0 aliphatic carbocycles. The van der Waals surface area contributed by atoms with E-state index in [0.717, 1.165) is 37.4 Å². The van der Waals surface area contributed by atoms with Gasteiger partial charge in [-0.05, 0) is 91.8 Å². The van der Waals surface area contributed by atoms with Gasteiger partial charge in [0.15, 0.2) is 0 Å². The number of morpholine rings is 1. The number of nitrogens with one attached hydrogen (secondary N) is 2. The number of carbonyl (C=O) groups is 1. The van der Waals surface area contributed by atoms with Crippen molar-refractivity contribution in [1.29, 1.82) is 0 Å². The number of benzene rings is 1. The summed E-state index contributed by atoms with van der Waals surface area (Å²) < 4.78 is 5.57. The number of nitrogens with zero attached hydrogens (tertiary/aromatic N) is 4. The third-order valence-electron chi connectivity index (χ3n) is 8.38. The number of likely N-dealkylation sites (tertiary alicyclic amines) is 1. The zero-order valence-electron chi connectivity index (χ0n) is 23.3. The second-order valence-corrected chi connectivity index (χ2v) is 11.2. The molecule has 0 radical (unpaired) electrons. The van der Waals surface area contributed by atoms with E-state index < -0.39 is 0 Å². The molecule has 39 heavy (non-hydrogen) atoms. The SMILES string of the molecule is CN1CCC(C(C)(C)c2ccc(NC(=O)c3cccnc3NC(c3ccncc3)N3CCOCC3)cc2)CC1. The lowest BCUT2D eigenvalue weighted by Crippen LogP contribution is -2.42. The largest absolute Gasteiger partial charge is 0.379 e. The third-order valence-corrected chi connectivity index (χ3v) is 8.38. The van der Waals surface area contributed by atoms with Crippen LogP contribution in [0.25, 0.3) is 0 Å². The molecule has 206 valence electrons. The number of rotatable bonds is 8. The highest BCUT2D eigenvalue weighted by Crippen LogP contribution is 2.38. The summed E-state index contributed by atoms with van der Waals surface area (Å²) in [6, 6.07) is 15.9. The first-order valence-corrected chi connectivity index (χ1v) is 14.0. The summed E-state index contributed by atoms with van der Waals surface area (Å²) in [4.78, 5) is 26.9. The number of aromatic nitrogens is 2. The maximum Gasteiger partial charge on any atom is 0.259 e. The molecule has 1 unspecified atom stereocenters. The molecule has 3 aromatic rings. The highest BCUT2D eigenvalue weighted by molar-refractivity contribution is 6.07. The smallest absolute Gasteiger partial charge is 0.259 e. The van der Waals surface area contributed by atoms with Crippen molar-refractivity contribution < 1.29 is 9.53 Å². The number of piperidine rings is 1. The molecule has 2 aliphatic heterocycles. The summed E-state index contributed by atoms with van der Waals surface area (Å²) in [5.74, 6) is 1.00. The Balaban J connectivity index is 1.31. The monoisotopic (exact) mass is 528 g/mol. The number of ether oxygens (including phenoxy) is 1. The van der Waals surface area contributed by atoms with Gasteiger partial charge < -0.3 is 20.3 Å². The Morgan fingerprint density at radius 3 is 2.36 bits per heavy atom. The van der Waals surface area contributed by atoms with Gasteiger partial charge in [-0.25, -0.2) is 4.98 Å². The topological polar surface area (TPSA) is 82.6 Å². The summed E-state index contributed by atoms with van der Waals surface area (Å²) in [5.41, 5.74) is 3.74. The highest BCUT2D eigenvalue weighted by Gasteiger charge is 2.33. The molecular weight excluding hydrogens is 488 g/mol. The Morgan fingerprint density at radius 2 is 1.67 bits per heavy atom. The first kappa shape index (κ1) is 27.2. The minimum absolute atomic E-state index is 0.0890. The fourth-order valence-electron chi connectivity index (χ4n) is 5.75. The summed E-state index contributed by atoms with van der Waals surface area (Å²) in [6.07, 6.45) is 7.55. The molecule has 4 heterocycles. The molecule has 0 spiro atoms. The van der Waals surface area contributed by atoms with E-state index in [1.807, 2.05) is 30.3 Å². The second kappa shape index (κ2) is 12.2. The summed E-state index contributed by atoms with van der Waals surface area (Å²) >= 11 is 0. The molecule has 2 aliphatic rings. The Kier molecular flexibility index (Phi) is 8.55. The molecule has 0 saturated carbocycles. The van der Waals surface area contributed by atoms with Crippen LogP contribution in [-0.2, 0) is 10.2 Å². The predicted molar refractivity (Wildman–Crippen MR) is 155 cm³/mol. The maximum absolute atomic E-state index is 13.4. The van der Waals surface area contributed by atoms with Crippen LogP contribution in [0.3, 0.4) is 0 Å². The Morgan fingerprint density at radius 1 is 0.974 bits per heavy atom. The van der Waals surface area contributed by atoms with E-state index in [4.69, 9.17) is 4.74 Å².